The molecule has 0 radical (unpaired) electrons. The first kappa shape index (κ1) is 11.9. The van der Waals surface area contributed by atoms with Crippen molar-refractivity contribution in [3.05, 3.63) is 0 Å². The van der Waals surface area contributed by atoms with Crippen LogP contribution in [0.1, 0.15) is 32.6 Å². The lowest BCUT2D eigenvalue weighted by molar-refractivity contribution is 0.00678. The van der Waals surface area contributed by atoms with Crippen molar-refractivity contribution in [1.82, 2.24) is 4.90 Å². The Balaban J connectivity index is 1.87. The second-order valence-electron chi connectivity index (χ2n) is 5.68. The molecule has 1 N–H and O–H groups in total. The lowest BCUT2D eigenvalue weighted by Gasteiger charge is -2.46. The predicted molar refractivity (Wildman–Crippen MR) is 66.3 cm³/mol. The highest BCUT2D eigenvalue weighted by Crippen LogP contribution is 2.43. The van der Waals surface area contributed by atoms with Gasteiger partial charge in [-0.2, -0.15) is 0 Å². The Morgan fingerprint density at radius 2 is 2.13 bits per heavy atom. The van der Waals surface area contributed by atoms with Crippen molar-refractivity contribution in [2.75, 3.05) is 25.0 Å². The van der Waals surface area contributed by atoms with Gasteiger partial charge in [-0.15, -0.1) is 0 Å². The topological polar surface area (TPSA) is 23.5 Å². The van der Waals surface area contributed by atoms with Crippen molar-refractivity contribution in [2.45, 2.75) is 38.7 Å². The maximum atomic E-state index is 9.76. The fourth-order valence-electron chi connectivity index (χ4n) is 3.04. The Bertz CT molecular complexity index is 202. The van der Waals surface area contributed by atoms with Gasteiger partial charge in [0, 0.05) is 25.0 Å². The minimum atomic E-state index is -0.0961. The van der Waals surface area contributed by atoms with E-state index < -0.39 is 0 Å². The second kappa shape index (κ2) is 4.72. The van der Waals surface area contributed by atoms with Gasteiger partial charge in [0.2, 0.25) is 0 Å². The zero-order valence-corrected chi connectivity index (χ0v) is 11.2. The minimum Gasteiger partial charge on any atom is -0.392 e. The first-order chi connectivity index (χ1) is 7.13. The van der Waals surface area contributed by atoms with Crippen molar-refractivity contribution in [3.63, 3.8) is 0 Å². The molecule has 0 aromatic rings. The summed E-state index contributed by atoms with van der Waals surface area (Å²) in [7, 11) is 0. The van der Waals surface area contributed by atoms with Gasteiger partial charge < -0.3 is 5.11 Å². The number of nitrogens with zero attached hydrogens (tertiary/aromatic N) is 1. The van der Waals surface area contributed by atoms with E-state index in [4.69, 9.17) is 0 Å². The van der Waals surface area contributed by atoms with Gasteiger partial charge in [-0.1, -0.05) is 29.3 Å². The van der Waals surface area contributed by atoms with Crippen molar-refractivity contribution >= 4 is 15.9 Å². The highest BCUT2D eigenvalue weighted by atomic mass is 79.9. The van der Waals surface area contributed by atoms with E-state index in [-0.39, 0.29) is 6.10 Å². The van der Waals surface area contributed by atoms with Crippen LogP contribution in [0.3, 0.4) is 0 Å². The molecule has 2 atom stereocenters. The van der Waals surface area contributed by atoms with E-state index in [9.17, 15) is 5.11 Å². The molecule has 0 amide bonds. The van der Waals surface area contributed by atoms with Crippen molar-refractivity contribution in [1.29, 1.82) is 0 Å². The monoisotopic (exact) mass is 275 g/mol. The van der Waals surface area contributed by atoms with Gasteiger partial charge in [0.25, 0.3) is 0 Å². The van der Waals surface area contributed by atoms with E-state index in [2.05, 4.69) is 27.8 Å². The number of alkyl halides is 1. The van der Waals surface area contributed by atoms with Gasteiger partial charge in [0.05, 0.1) is 6.10 Å². The molecule has 0 spiro atoms. The van der Waals surface area contributed by atoms with E-state index in [1.807, 2.05) is 0 Å². The number of rotatable bonds is 3. The lowest BCUT2D eigenvalue weighted by atomic mass is 9.70. The molecule has 2 nitrogen and oxygen atoms in total. The zero-order valence-electron chi connectivity index (χ0n) is 9.58. The van der Waals surface area contributed by atoms with Gasteiger partial charge in [0.15, 0.2) is 0 Å². The van der Waals surface area contributed by atoms with E-state index >= 15 is 0 Å². The molecule has 1 aliphatic carbocycles. The van der Waals surface area contributed by atoms with Crippen LogP contribution in [0, 0.1) is 11.3 Å². The molecule has 0 aromatic heterocycles. The fourth-order valence-corrected chi connectivity index (χ4v) is 3.78. The van der Waals surface area contributed by atoms with E-state index in [0.29, 0.717) is 11.3 Å². The first-order valence-corrected chi connectivity index (χ1v) is 7.22. The summed E-state index contributed by atoms with van der Waals surface area (Å²) in [4.78, 5) is 2.47. The van der Waals surface area contributed by atoms with E-state index in [1.54, 1.807) is 0 Å². The number of hydrogen-bond donors (Lipinski definition) is 1. The molecule has 0 bridgehead atoms. The van der Waals surface area contributed by atoms with Gasteiger partial charge >= 0.3 is 0 Å². The fraction of sp³-hybridized carbons (Fsp3) is 1.00. The third kappa shape index (κ3) is 2.75. The molecule has 2 rings (SSSR count). The Morgan fingerprint density at radius 1 is 1.40 bits per heavy atom. The maximum Gasteiger partial charge on any atom is 0.0670 e. The number of aliphatic hydroxyl groups is 1. The van der Waals surface area contributed by atoms with Crippen molar-refractivity contribution in [3.8, 4) is 0 Å². The molecule has 0 aromatic carbocycles. The van der Waals surface area contributed by atoms with Crippen LogP contribution in [-0.4, -0.2) is 41.1 Å². The molecule has 15 heavy (non-hydrogen) atoms. The summed E-state index contributed by atoms with van der Waals surface area (Å²) < 4.78 is 0. The van der Waals surface area contributed by atoms with E-state index in [1.165, 1.54) is 32.4 Å². The van der Waals surface area contributed by atoms with Crippen LogP contribution >= 0.6 is 15.9 Å². The number of halogens is 1. The molecule has 1 aliphatic heterocycles. The first-order valence-electron chi connectivity index (χ1n) is 6.10. The van der Waals surface area contributed by atoms with Crippen LogP contribution in [-0.2, 0) is 0 Å². The molecule has 2 fully saturated rings. The number of aliphatic hydroxyl groups excluding tert-OH is 1. The van der Waals surface area contributed by atoms with Crippen molar-refractivity contribution in [2.24, 2.45) is 11.3 Å². The molecular weight excluding hydrogens is 254 g/mol. The molecule has 3 heteroatoms. The van der Waals surface area contributed by atoms with Crippen LogP contribution in [0.4, 0.5) is 0 Å². The normalized spacial score (nSPS) is 36.2. The van der Waals surface area contributed by atoms with Crippen LogP contribution in [0.2, 0.25) is 0 Å². The van der Waals surface area contributed by atoms with E-state index in [0.717, 1.165) is 18.3 Å². The van der Waals surface area contributed by atoms with Gasteiger partial charge in [0.1, 0.15) is 0 Å². The molecule has 88 valence electrons. The summed E-state index contributed by atoms with van der Waals surface area (Å²) in [6, 6.07) is 0. The Kier molecular flexibility index (Phi) is 3.74. The molecular formula is C12H22BrNO. The van der Waals surface area contributed by atoms with Gasteiger partial charge in [-0.25, -0.2) is 0 Å². The second-order valence-corrected chi connectivity index (χ2v) is 6.24. The summed E-state index contributed by atoms with van der Waals surface area (Å²) in [5.41, 5.74) is 0.525. The number of β-amino-alcohol motifs (C(OH)–C–C–N with tert-alkyl or cyclic N) is 1. The quantitative estimate of drug-likeness (QED) is 0.799. The molecule has 1 heterocycles. The molecule has 0 unspecified atom stereocenters. The van der Waals surface area contributed by atoms with Crippen LogP contribution in [0.5, 0.6) is 0 Å². The lowest BCUT2D eigenvalue weighted by Crippen LogP contribution is -2.50. The Morgan fingerprint density at radius 3 is 2.60 bits per heavy atom. The van der Waals surface area contributed by atoms with Crippen LogP contribution < -0.4 is 0 Å². The minimum absolute atomic E-state index is 0.0961. The predicted octanol–water partition coefficient (Wildman–Crippen LogP) is 2.25. The molecule has 1 saturated heterocycles. The molecule has 1 saturated carbocycles. The van der Waals surface area contributed by atoms with Crippen LogP contribution in [0.25, 0.3) is 0 Å². The number of likely N-dealkylation sites (tertiary alicyclic amines) is 1. The summed E-state index contributed by atoms with van der Waals surface area (Å²) >= 11 is 3.65. The number of piperidine rings is 1. The summed E-state index contributed by atoms with van der Waals surface area (Å²) in [6.07, 6.45) is 4.99. The largest absolute Gasteiger partial charge is 0.392 e. The highest BCUT2D eigenvalue weighted by molar-refractivity contribution is 9.09. The highest BCUT2D eigenvalue weighted by Gasteiger charge is 2.38. The smallest absolute Gasteiger partial charge is 0.0670 e. The third-order valence-electron chi connectivity index (χ3n) is 3.97. The summed E-state index contributed by atoms with van der Waals surface area (Å²) in [5, 5.41) is 10.9. The van der Waals surface area contributed by atoms with Gasteiger partial charge in [-0.3, -0.25) is 4.90 Å². The number of hydrogen-bond acceptors (Lipinski definition) is 2. The molecule has 2 aliphatic rings. The maximum absolute atomic E-state index is 9.76. The third-order valence-corrected chi connectivity index (χ3v) is 5.16. The average molecular weight is 276 g/mol. The average Bonchev–Trinajstić information content (AvgIpc) is 2.10. The summed E-state index contributed by atoms with van der Waals surface area (Å²) in [5.74, 6) is 0.654. The standard InChI is InChI=1S/C12H22BrNO/c1-10-5-11(15)7-14(6-10)9-12(8-13)3-2-4-12/h10-11,15H,2-9H2,1H3/t10-,11+/m1/s1. The van der Waals surface area contributed by atoms with Crippen molar-refractivity contribution < 1.29 is 5.11 Å². The zero-order chi connectivity index (χ0) is 10.9. The SMILES string of the molecule is C[C@@H]1C[C@H](O)CN(CC2(CBr)CCC2)C1. The summed E-state index contributed by atoms with van der Waals surface area (Å²) in [6.45, 7) is 5.49. The Labute approximate surface area is 101 Å². The Hall–Kier alpha value is 0.400. The van der Waals surface area contributed by atoms with Gasteiger partial charge in [-0.05, 0) is 30.6 Å². The van der Waals surface area contributed by atoms with Crippen LogP contribution in [0.15, 0.2) is 0 Å².